The Morgan fingerprint density at radius 3 is 2.72 bits per heavy atom. The molecule has 0 unspecified atom stereocenters. The summed E-state index contributed by atoms with van der Waals surface area (Å²) in [6.07, 6.45) is 1.38. The molecule has 8 nitrogen and oxygen atoms in total. The highest BCUT2D eigenvalue weighted by atomic mass is 32.2. The molecule has 3 N–H and O–H groups in total. The minimum Gasteiger partial charge on any atom is -0.478 e. The monoisotopic (exact) mass is 275 g/mol. The molecule has 1 aliphatic heterocycles. The Labute approximate surface area is 103 Å². The van der Waals surface area contributed by atoms with E-state index in [0.717, 1.165) is 10.5 Å². The number of nitrogens with zero attached hydrogens (tertiary/aromatic N) is 2. The number of aromatic carboxylic acids is 1. The summed E-state index contributed by atoms with van der Waals surface area (Å²) in [5, 5.41) is 23.8. The van der Waals surface area contributed by atoms with Crippen molar-refractivity contribution in [3.8, 4) is 0 Å². The van der Waals surface area contributed by atoms with Crippen LogP contribution in [-0.4, -0.2) is 57.8 Å². The molecule has 1 aliphatic rings. The fraction of sp³-hybridized carbons (Fsp3) is 0.556. The van der Waals surface area contributed by atoms with E-state index in [1.807, 2.05) is 0 Å². The van der Waals surface area contributed by atoms with Crippen LogP contribution < -0.4 is 0 Å². The van der Waals surface area contributed by atoms with Gasteiger partial charge in [0.1, 0.15) is 5.56 Å². The van der Waals surface area contributed by atoms with Gasteiger partial charge in [-0.25, -0.2) is 13.2 Å². The molecule has 0 amide bonds. The van der Waals surface area contributed by atoms with E-state index in [0.29, 0.717) is 6.42 Å². The Morgan fingerprint density at radius 2 is 2.22 bits per heavy atom. The summed E-state index contributed by atoms with van der Waals surface area (Å²) in [4.78, 5) is 10.8. The van der Waals surface area contributed by atoms with Gasteiger partial charge >= 0.3 is 5.97 Å². The maximum absolute atomic E-state index is 12.1. The lowest BCUT2D eigenvalue weighted by atomic mass is 9.94. The molecule has 0 aliphatic carbocycles. The van der Waals surface area contributed by atoms with Crippen molar-refractivity contribution in [2.75, 3.05) is 13.1 Å². The van der Waals surface area contributed by atoms with Crippen LogP contribution in [0, 0.1) is 0 Å². The number of nitrogens with one attached hydrogen (secondary N) is 1. The van der Waals surface area contributed by atoms with Gasteiger partial charge in [0.2, 0.25) is 0 Å². The zero-order valence-electron chi connectivity index (χ0n) is 9.62. The molecular formula is C9H13N3O5S. The first-order chi connectivity index (χ1) is 8.30. The molecule has 0 atom stereocenters. The number of β-amino-alcohol motifs (C(OH)–C–C–N with tert-alkyl or cyclic N) is 1. The Hall–Kier alpha value is -1.45. The lowest BCUT2D eigenvalue weighted by Gasteiger charge is -2.44. The Balaban J connectivity index is 2.28. The van der Waals surface area contributed by atoms with Crippen molar-refractivity contribution in [2.24, 2.45) is 0 Å². The van der Waals surface area contributed by atoms with Crippen LogP contribution in [-0.2, 0) is 10.0 Å². The van der Waals surface area contributed by atoms with Crippen LogP contribution >= 0.6 is 0 Å². The number of hydrogen-bond donors (Lipinski definition) is 3. The zero-order chi connectivity index (χ0) is 13.6. The lowest BCUT2D eigenvalue weighted by molar-refractivity contribution is -0.0614. The van der Waals surface area contributed by atoms with Crippen molar-refractivity contribution in [3.63, 3.8) is 0 Å². The summed E-state index contributed by atoms with van der Waals surface area (Å²) in [5.74, 6) is -1.37. The van der Waals surface area contributed by atoms with E-state index in [1.165, 1.54) is 0 Å². The van der Waals surface area contributed by atoms with Crippen molar-refractivity contribution in [2.45, 2.75) is 24.0 Å². The second kappa shape index (κ2) is 4.04. The van der Waals surface area contributed by atoms with Gasteiger partial charge in [-0.05, 0) is 6.42 Å². The van der Waals surface area contributed by atoms with E-state index >= 15 is 0 Å². The molecule has 1 aromatic rings. The highest BCUT2D eigenvalue weighted by Gasteiger charge is 2.47. The van der Waals surface area contributed by atoms with E-state index in [1.54, 1.807) is 6.92 Å². The Bertz CT molecular complexity index is 573. The second-order valence-corrected chi connectivity index (χ2v) is 6.14. The first-order valence-electron chi connectivity index (χ1n) is 5.29. The quantitative estimate of drug-likeness (QED) is 0.664. The number of aromatic amines is 1. The third-order valence-electron chi connectivity index (χ3n) is 3.03. The molecule has 1 fully saturated rings. The number of rotatable bonds is 4. The predicted molar refractivity (Wildman–Crippen MR) is 59.5 cm³/mol. The van der Waals surface area contributed by atoms with E-state index in [2.05, 4.69) is 10.2 Å². The van der Waals surface area contributed by atoms with E-state index < -0.39 is 32.2 Å². The summed E-state index contributed by atoms with van der Waals surface area (Å²) in [7, 11) is -3.94. The van der Waals surface area contributed by atoms with Crippen LogP contribution in [0.3, 0.4) is 0 Å². The van der Waals surface area contributed by atoms with Crippen molar-refractivity contribution in [1.82, 2.24) is 14.5 Å². The molecule has 0 aromatic carbocycles. The van der Waals surface area contributed by atoms with Gasteiger partial charge in [-0.1, -0.05) is 6.92 Å². The highest BCUT2D eigenvalue weighted by Crippen LogP contribution is 2.30. The Kier molecular flexibility index (Phi) is 2.92. The predicted octanol–water partition coefficient (Wildman–Crippen LogP) is -0.747. The molecule has 0 spiro atoms. The number of aromatic nitrogens is 2. The minimum atomic E-state index is -3.94. The van der Waals surface area contributed by atoms with Gasteiger partial charge in [0.05, 0.1) is 11.8 Å². The molecule has 9 heteroatoms. The van der Waals surface area contributed by atoms with Crippen molar-refractivity contribution < 1.29 is 23.4 Å². The maximum atomic E-state index is 12.1. The number of H-pyrrole nitrogens is 1. The minimum absolute atomic E-state index is 0.0378. The number of sulfonamides is 1. The third kappa shape index (κ3) is 1.89. The van der Waals surface area contributed by atoms with Gasteiger partial charge in [0.15, 0.2) is 5.03 Å². The number of carbonyl (C=O) groups is 1. The smallest absolute Gasteiger partial charge is 0.340 e. The van der Waals surface area contributed by atoms with Crippen LogP contribution in [0.2, 0.25) is 0 Å². The largest absolute Gasteiger partial charge is 0.478 e. The van der Waals surface area contributed by atoms with Gasteiger partial charge in [0, 0.05) is 13.1 Å². The topological polar surface area (TPSA) is 124 Å². The van der Waals surface area contributed by atoms with E-state index in [9.17, 15) is 18.3 Å². The normalized spacial score (nSPS) is 19.4. The first kappa shape index (κ1) is 13.0. The standard InChI is InChI=1S/C9H13N3O5S/c1-2-9(15)4-12(5-9)18(16,17)7-6(8(13)14)3-10-11-7/h3,15H,2,4-5H2,1H3,(H,10,11)(H,13,14). The van der Waals surface area contributed by atoms with E-state index in [-0.39, 0.29) is 13.1 Å². The number of aliphatic hydroxyl groups is 1. The molecule has 1 aromatic heterocycles. The summed E-state index contributed by atoms with van der Waals surface area (Å²) in [6.45, 7) is 1.68. The van der Waals surface area contributed by atoms with Crippen molar-refractivity contribution in [1.29, 1.82) is 0 Å². The van der Waals surface area contributed by atoms with Crippen LogP contribution in [0.4, 0.5) is 0 Å². The molecule has 1 saturated heterocycles. The Morgan fingerprint density at radius 1 is 1.61 bits per heavy atom. The van der Waals surface area contributed by atoms with Crippen LogP contribution in [0.5, 0.6) is 0 Å². The lowest BCUT2D eigenvalue weighted by Crippen LogP contribution is -2.63. The fourth-order valence-corrected chi connectivity index (χ4v) is 3.42. The number of carboxylic acid groups (broad SMARTS) is 1. The molecular weight excluding hydrogens is 262 g/mol. The molecule has 2 heterocycles. The van der Waals surface area contributed by atoms with E-state index in [4.69, 9.17) is 5.11 Å². The summed E-state index contributed by atoms with van der Waals surface area (Å²) in [5.41, 5.74) is -1.42. The molecule has 0 bridgehead atoms. The third-order valence-corrected chi connectivity index (χ3v) is 4.80. The van der Waals surface area contributed by atoms with Crippen LogP contribution in [0.1, 0.15) is 23.7 Å². The molecule has 0 radical (unpaired) electrons. The second-order valence-electron chi connectivity index (χ2n) is 4.27. The molecule has 0 saturated carbocycles. The average molecular weight is 275 g/mol. The van der Waals surface area contributed by atoms with Gasteiger partial charge < -0.3 is 10.2 Å². The first-order valence-corrected chi connectivity index (χ1v) is 6.73. The maximum Gasteiger partial charge on any atom is 0.340 e. The molecule has 2 rings (SSSR count). The zero-order valence-corrected chi connectivity index (χ0v) is 10.4. The van der Waals surface area contributed by atoms with Crippen LogP contribution in [0.15, 0.2) is 11.2 Å². The van der Waals surface area contributed by atoms with Crippen LogP contribution in [0.25, 0.3) is 0 Å². The number of carboxylic acids is 1. The fourth-order valence-electron chi connectivity index (χ4n) is 1.76. The van der Waals surface area contributed by atoms with Gasteiger partial charge in [-0.3, -0.25) is 5.10 Å². The summed E-state index contributed by atoms with van der Waals surface area (Å²) < 4.78 is 25.2. The molecule has 18 heavy (non-hydrogen) atoms. The number of hydrogen-bond acceptors (Lipinski definition) is 5. The van der Waals surface area contributed by atoms with Gasteiger partial charge in [-0.2, -0.15) is 9.40 Å². The average Bonchev–Trinajstić information content (AvgIpc) is 2.74. The van der Waals surface area contributed by atoms with Gasteiger partial charge in [-0.15, -0.1) is 0 Å². The SMILES string of the molecule is CCC1(O)CN(S(=O)(=O)c2[nH]ncc2C(=O)O)C1. The highest BCUT2D eigenvalue weighted by molar-refractivity contribution is 7.89. The van der Waals surface area contributed by atoms with Crippen molar-refractivity contribution in [3.05, 3.63) is 11.8 Å². The summed E-state index contributed by atoms with van der Waals surface area (Å²) in [6, 6.07) is 0. The van der Waals surface area contributed by atoms with Crippen molar-refractivity contribution >= 4 is 16.0 Å². The summed E-state index contributed by atoms with van der Waals surface area (Å²) >= 11 is 0. The van der Waals surface area contributed by atoms with Gasteiger partial charge in [0.25, 0.3) is 10.0 Å². The molecule has 100 valence electrons.